The lowest BCUT2D eigenvalue weighted by Crippen LogP contribution is -2.37. The second-order valence-electron chi connectivity index (χ2n) is 7.80. The van der Waals surface area contributed by atoms with Crippen molar-refractivity contribution in [2.24, 2.45) is 12.8 Å². The van der Waals surface area contributed by atoms with Gasteiger partial charge in [-0.2, -0.15) is 0 Å². The lowest BCUT2D eigenvalue weighted by atomic mass is 10.1. The Labute approximate surface area is 187 Å². The van der Waals surface area contributed by atoms with Crippen LogP contribution in [0.2, 0.25) is 0 Å². The van der Waals surface area contributed by atoms with Crippen molar-refractivity contribution >= 4 is 38.4 Å². The van der Waals surface area contributed by atoms with Crippen LogP contribution < -0.4 is 10.0 Å². The highest BCUT2D eigenvalue weighted by atomic mass is 32.2. The molecule has 1 aromatic heterocycles. The van der Waals surface area contributed by atoms with Crippen LogP contribution in [-0.2, 0) is 28.3 Å². The molecule has 0 unspecified atom stereocenters. The molecule has 2 aromatic carbocycles. The Morgan fingerprint density at radius 2 is 1.84 bits per heavy atom. The third kappa shape index (κ3) is 5.11. The fourth-order valence-electron chi connectivity index (χ4n) is 3.64. The molecule has 9 heteroatoms. The van der Waals surface area contributed by atoms with Gasteiger partial charge in [0.05, 0.1) is 11.4 Å². The van der Waals surface area contributed by atoms with Crippen molar-refractivity contribution in [1.29, 1.82) is 5.41 Å². The standard InChI is InChI=1S/C23H28N4O4S/c1-3-4-11-32(30,31)27(15-22(28)29)19-9-10-21-18(13-19)14-20(26(21)2)12-16-5-7-17(8-6-16)23(24)25/h5-10,13-14H,3-4,11-12,15H2,1-2H3,(H3,24,25)(H,28,29). The Morgan fingerprint density at radius 1 is 1.16 bits per heavy atom. The highest BCUT2D eigenvalue weighted by Crippen LogP contribution is 2.28. The molecule has 0 radical (unpaired) electrons. The maximum atomic E-state index is 12.8. The third-order valence-electron chi connectivity index (χ3n) is 5.43. The minimum Gasteiger partial charge on any atom is -0.480 e. The molecular weight excluding hydrogens is 428 g/mol. The van der Waals surface area contributed by atoms with Gasteiger partial charge in [-0.15, -0.1) is 0 Å². The van der Waals surface area contributed by atoms with E-state index in [-0.39, 0.29) is 11.6 Å². The minimum absolute atomic E-state index is 0.0217. The Bertz CT molecular complexity index is 1250. The number of sulfonamides is 1. The molecule has 0 aliphatic carbocycles. The first-order valence-corrected chi connectivity index (χ1v) is 12.0. The van der Waals surface area contributed by atoms with Gasteiger partial charge in [0.25, 0.3) is 0 Å². The van der Waals surface area contributed by atoms with Gasteiger partial charge < -0.3 is 15.4 Å². The predicted molar refractivity (Wildman–Crippen MR) is 127 cm³/mol. The van der Waals surface area contributed by atoms with Crippen LogP contribution in [-0.4, -0.2) is 42.2 Å². The maximum absolute atomic E-state index is 12.8. The Hall–Kier alpha value is -3.33. The fourth-order valence-corrected chi connectivity index (χ4v) is 5.26. The summed E-state index contributed by atoms with van der Waals surface area (Å²) in [5.41, 5.74) is 9.52. The largest absolute Gasteiger partial charge is 0.480 e. The van der Waals surface area contributed by atoms with E-state index in [0.29, 0.717) is 30.5 Å². The van der Waals surface area contributed by atoms with Crippen molar-refractivity contribution in [2.75, 3.05) is 16.6 Å². The van der Waals surface area contributed by atoms with Gasteiger partial charge >= 0.3 is 5.97 Å². The molecule has 1 heterocycles. The van der Waals surface area contributed by atoms with Crippen LogP contribution in [0, 0.1) is 5.41 Å². The van der Waals surface area contributed by atoms with E-state index in [4.69, 9.17) is 11.1 Å². The molecule has 0 fully saturated rings. The van der Waals surface area contributed by atoms with Crippen molar-refractivity contribution < 1.29 is 18.3 Å². The molecule has 0 aliphatic rings. The van der Waals surface area contributed by atoms with Crippen molar-refractivity contribution in [1.82, 2.24) is 4.57 Å². The van der Waals surface area contributed by atoms with Crippen LogP contribution in [0.25, 0.3) is 10.9 Å². The van der Waals surface area contributed by atoms with Gasteiger partial charge in [0, 0.05) is 35.6 Å². The average Bonchev–Trinajstić information content (AvgIpc) is 3.05. The topological polar surface area (TPSA) is 129 Å². The number of carboxylic acids is 1. The Morgan fingerprint density at radius 3 is 2.44 bits per heavy atom. The molecule has 0 bridgehead atoms. The fraction of sp³-hybridized carbons (Fsp3) is 0.304. The average molecular weight is 457 g/mol. The van der Waals surface area contributed by atoms with Gasteiger partial charge in [-0.05, 0) is 36.2 Å². The summed E-state index contributed by atoms with van der Waals surface area (Å²) in [5, 5.41) is 17.6. The van der Waals surface area contributed by atoms with E-state index < -0.39 is 22.5 Å². The summed E-state index contributed by atoms with van der Waals surface area (Å²) in [5.74, 6) is -1.27. The summed E-state index contributed by atoms with van der Waals surface area (Å²) in [6.07, 6.45) is 1.82. The predicted octanol–water partition coefficient (Wildman–Crippen LogP) is 3.07. The van der Waals surface area contributed by atoms with Crippen molar-refractivity contribution in [3.8, 4) is 0 Å². The second kappa shape index (κ2) is 9.44. The van der Waals surface area contributed by atoms with Crippen molar-refractivity contribution in [3.05, 3.63) is 65.4 Å². The van der Waals surface area contributed by atoms with Crippen LogP contribution in [0.1, 0.15) is 36.6 Å². The van der Waals surface area contributed by atoms with Gasteiger partial charge in [0.15, 0.2) is 0 Å². The number of carboxylic acid groups (broad SMARTS) is 1. The number of rotatable bonds is 10. The number of anilines is 1. The summed E-state index contributed by atoms with van der Waals surface area (Å²) in [6, 6.07) is 14.6. The van der Waals surface area contributed by atoms with E-state index in [1.54, 1.807) is 12.1 Å². The molecule has 3 rings (SSSR count). The smallest absolute Gasteiger partial charge is 0.324 e. The summed E-state index contributed by atoms with van der Waals surface area (Å²) >= 11 is 0. The van der Waals surface area contributed by atoms with E-state index in [1.807, 2.05) is 54.9 Å². The number of carbonyl (C=O) groups is 1. The third-order valence-corrected chi connectivity index (χ3v) is 7.25. The number of nitrogens with one attached hydrogen (secondary N) is 1. The van der Waals surface area contributed by atoms with Gasteiger partial charge in [-0.25, -0.2) is 8.42 Å². The molecule has 0 spiro atoms. The van der Waals surface area contributed by atoms with Gasteiger partial charge in [-0.3, -0.25) is 14.5 Å². The minimum atomic E-state index is -3.75. The van der Waals surface area contributed by atoms with Crippen LogP contribution in [0.4, 0.5) is 5.69 Å². The highest BCUT2D eigenvalue weighted by molar-refractivity contribution is 7.92. The Kier molecular flexibility index (Phi) is 6.88. The zero-order valence-electron chi connectivity index (χ0n) is 18.2. The van der Waals surface area contributed by atoms with Crippen molar-refractivity contribution in [2.45, 2.75) is 26.2 Å². The van der Waals surface area contributed by atoms with E-state index in [9.17, 15) is 18.3 Å². The quantitative estimate of drug-likeness (QED) is 0.319. The number of hydrogen-bond acceptors (Lipinski definition) is 4. The van der Waals surface area contributed by atoms with Gasteiger partial charge in [0.1, 0.15) is 12.4 Å². The number of amidine groups is 1. The number of nitrogens with two attached hydrogens (primary N) is 1. The lowest BCUT2D eigenvalue weighted by Gasteiger charge is -2.22. The molecule has 4 N–H and O–H groups in total. The van der Waals surface area contributed by atoms with Crippen LogP contribution in [0.3, 0.4) is 0 Å². The van der Waals surface area contributed by atoms with E-state index in [1.165, 1.54) is 0 Å². The summed E-state index contributed by atoms with van der Waals surface area (Å²) < 4.78 is 28.6. The van der Waals surface area contributed by atoms with Crippen molar-refractivity contribution in [3.63, 3.8) is 0 Å². The monoisotopic (exact) mass is 456 g/mol. The number of unbranched alkanes of at least 4 members (excludes halogenated alkanes) is 1. The first-order chi connectivity index (χ1) is 15.1. The zero-order valence-corrected chi connectivity index (χ0v) is 19.0. The number of nitrogen functional groups attached to an aromatic ring is 1. The van der Waals surface area contributed by atoms with Gasteiger partial charge in [-0.1, -0.05) is 37.6 Å². The zero-order chi connectivity index (χ0) is 23.5. The van der Waals surface area contributed by atoms with E-state index in [2.05, 4.69) is 0 Å². The lowest BCUT2D eigenvalue weighted by molar-refractivity contribution is -0.135. The molecule has 170 valence electrons. The molecule has 8 nitrogen and oxygen atoms in total. The molecule has 0 aliphatic heterocycles. The van der Waals surface area contributed by atoms with Crippen LogP contribution in [0.15, 0.2) is 48.5 Å². The summed E-state index contributed by atoms with van der Waals surface area (Å²) in [6.45, 7) is 1.28. The van der Waals surface area contributed by atoms with Gasteiger partial charge in [0.2, 0.25) is 10.0 Å². The van der Waals surface area contributed by atoms with E-state index >= 15 is 0 Å². The number of aromatic nitrogens is 1. The summed E-state index contributed by atoms with van der Waals surface area (Å²) in [7, 11) is -1.81. The number of aryl methyl sites for hydroxylation is 1. The molecule has 32 heavy (non-hydrogen) atoms. The van der Waals surface area contributed by atoms with Crippen LogP contribution in [0.5, 0.6) is 0 Å². The normalized spacial score (nSPS) is 11.6. The first-order valence-electron chi connectivity index (χ1n) is 10.4. The number of aliphatic carboxylic acids is 1. The first kappa shape index (κ1) is 23.3. The Balaban J connectivity index is 1.95. The number of nitrogens with zero attached hydrogens (tertiary/aromatic N) is 2. The SMILES string of the molecule is CCCCS(=O)(=O)N(CC(=O)O)c1ccc2c(c1)cc(Cc1ccc(C(=N)N)cc1)n2C. The number of hydrogen-bond donors (Lipinski definition) is 3. The second-order valence-corrected chi connectivity index (χ2v) is 9.81. The van der Waals surface area contributed by atoms with E-state index in [0.717, 1.165) is 26.5 Å². The maximum Gasteiger partial charge on any atom is 0.324 e. The molecule has 0 saturated carbocycles. The summed E-state index contributed by atoms with van der Waals surface area (Å²) in [4.78, 5) is 11.4. The van der Waals surface area contributed by atoms with Crippen LogP contribution >= 0.6 is 0 Å². The highest BCUT2D eigenvalue weighted by Gasteiger charge is 2.25. The number of benzene rings is 2. The molecule has 3 aromatic rings. The molecular formula is C23H28N4O4S. The number of fused-ring (bicyclic) bond motifs is 1. The molecule has 0 amide bonds. The molecule has 0 saturated heterocycles. The molecule has 0 atom stereocenters.